The van der Waals surface area contributed by atoms with Crippen LogP contribution in [0.4, 0.5) is 0 Å². The number of nitrogens with zero attached hydrogens (tertiary/aromatic N) is 3. The first-order valence-electron chi connectivity index (χ1n) is 6.04. The monoisotopic (exact) mass is 239 g/mol. The molecule has 0 aromatic carbocycles. The number of aliphatic hydroxyl groups excluding tert-OH is 1. The van der Waals surface area contributed by atoms with E-state index in [1.807, 2.05) is 6.92 Å². The van der Waals surface area contributed by atoms with Crippen LogP contribution in [0.25, 0.3) is 0 Å². The van der Waals surface area contributed by atoms with Gasteiger partial charge in [0, 0.05) is 0 Å². The Balaban J connectivity index is 2.97. The van der Waals surface area contributed by atoms with Crippen LogP contribution in [0.3, 0.4) is 0 Å². The Morgan fingerprint density at radius 3 is 2.47 bits per heavy atom. The van der Waals surface area contributed by atoms with Gasteiger partial charge in [-0.1, -0.05) is 19.1 Å². The van der Waals surface area contributed by atoms with Crippen LogP contribution in [-0.4, -0.2) is 32.5 Å². The van der Waals surface area contributed by atoms with E-state index in [1.165, 1.54) is 0 Å². The van der Waals surface area contributed by atoms with E-state index in [-0.39, 0.29) is 6.04 Å². The van der Waals surface area contributed by atoms with Gasteiger partial charge in [-0.05, 0) is 32.6 Å². The molecule has 2 unspecified atom stereocenters. The molecular formula is C12H21N3O2. The Labute approximate surface area is 102 Å². The Kier molecular flexibility index (Phi) is 4.81. The van der Waals surface area contributed by atoms with Crippen LogP contribution in [0.15, 0.2) is 0 Å². The van der Waals surface area contributed by atoms with Crippen molar-refractivity contribution in [3.63, 3.8) is 0 Å². The predicted octanol–water partition coefficient (Wildman–Crippen LogP) is 1.62. The molecule has 0 bridgehead atoms. The maximum absolute atomic E-state index is 10.9. The number of hydrogen-bond acceptors (Lipinski definition) is 4. The highest BCUT2D eigenvalue weighted by Crippen LogP contribution is 2.17. The van der Waals surface area contributed by atoms with Crippen LogP contribution < -0.4 is 0 Å². The standard InChI is InChI=1S/C12H21N3O2/c1-8(2)5-6-12-11(7-16)13-14-15(12)9(3)10(4)17/h7-10,17H,5-6H2,1-4H3. The summed E-state index contributed by atoms with van der Waals surface area (Å²) in [4.78, 5) is 10.9. The lowest BCUT2D eigenvalue weighted by Crippen LogP contribution is -2.21. The molecule has 0 radical (unpaired) electrons. The van der Waals surface area contributed by atoms with Crippen LogP contribution >= 0.6 is 0 Å². The molecular weight excluding hydrogens is 218 g/mol. The Morgan fingerprint density at radius 2 is 2.00 bits per heavy atom. The Morgan fingerprint density at radius 1 is 1.35 bits per heavy atom. The summed E-state index contributed by atoms with van der Waals surface area (Å²) in [5.74, 6) is 0.555. The van der Waals surface area contributed by atoms with E-state index in [4.69, 9.17) is 0 Å². The van der Waals surface area contributed by atoms with Crippen LogP contribution in [0.2, 0.25) is 0 Å². The van der Waals surface area contributed by atoms with Gasteiger partial charge in [0.25, 0.3) is 0 Å². The molecule has 5 heteroatoms. The van der Waals surface area contributed by atoms with E-state index in [0.717, 1.165) is 24.8 Å². The molecule has 2 atom stereocenters. The van der Waals surface area contributed by atoms with Gasteiger partial charge in [0.2, 0.25) is 0 Å². The molecule has 1 heterocycles. The van der Waals surface area contributed by atoms with Gasteiger partial charge in [-0.2, -0.15) is 0 Å². The Bertz CT molecular complexity index is 372. The molecule has 1 rings (SSSR count). The fourth-order valence-corrected chi connectivity index (χ4v) is 1.62. The average molecular weight is 239 g/mol. The number of carbonyl (C=O) groups is 1. The summed E-state index contributed by atoms with van der Waals surface area (Å²) < 4.78 is 1.66. The minimum Gasteiger partial charge on any atom is -0.391 e. The summed E-state index contributed by atoms with van der Waals surface area (Å²) >= 11 is 0. The van der Waals surface area contributed by atoms with Crippen molar-refractivity contribution in [3.8, 4) is 0 Å². The number of aliphatic hydroxyl groups is 1. The molecule has 17 heavy (non-hydrogen) atoms. The average Bonchev–Trinajstić information content (AvgIpc) is 2.67. The van der Waals surface area contributed by atoms with E-state index in [2.05, 4.69) is 24.2 Å². The second-order valence-corrected chi connectivity index (χ2v) is 4.90. The molecule has 0 fully saturated rings. The third kappa shape index (κ3) is 3.36. The molecule has 0 aliphatic rings. The SMILES string of the molecule is CC(C)CCc1c(C=O)nnn1C(C)C(C)O. The molecule has 0 amide bonds. The molecule has 96 valence electrons. The normalized spacial score (nSPS) is 14.9. The van der Waals surface area contributed by atoms with E-state index in [1.54, 1.807) is 11.6 Å². The summed E-state index contributed by atoms with van der Waals surface area (Å²) in [6, 6.07) is -0.168. The van der Waals surface area contributed by atoms with Crippen molar-refractivity contribution in [2.24, 2.45) is 5.92 Å². The summed E-state index contributed by atoms with van der Waals surface area (Å²) in [5, 5.41) is 17.4. The van der Waals surface area contributed by atoms with Gasteiger partial charge in [0.05, 0.1) is 17.8 Å². The van der Waals surface area contributed by atoms with Crippen molar-refractivity contribution in [2.45, 2.75) is 52.7 Å². The first-order valence-corrected chi connectivity index (χ1v) is 6.04. The molecule has 1 aromatic rings. The van der Waals surface area contributed by atoms with Crippen molar-refractivity contribution in [3.05, 3.63) is 11.4 Å². The highest BCUT2D eigenvalue weighted by Gasteiger charge is 2.19. The fraction of sp³-hybridized carbons (Fsp3) is 0.750. The zero-order valence-corrected chi connectivity index (χ0v) is 10.9. The lowest BCUT2D eigenvalue weighted by Gasteiger charge is -2.17. The summed E-state index contributed by atoms with van der Waals surface area (Å²) in [6.45, 7) is 7.84. The molecule has 1 N–H and O–H groups in total. The van der Waals surface area contributed by atoms with Gasteiger partial charge in [-0.25, -0.2) is 4.68 Å². The van der Waals surface area contributed by atoms with Crippen LogP contribution in [0.5, 0.6) is 0 Å². The zero-order chi connectivity index (χ0) is 13.0. The Hall–Kier alpha value is -1.23. The first-order chi connectivity index (χ1) is 7.97. The topological polar surface area (TPSA) is 68.0 Å². The second-order valence-electron chi connectivity index (χ2n) is 4.90. The van der Waals surface area contributed by atoms with Crippen molar-refractivity contribution in [2.75, 3.05) is 0 Å². The van der Waals surface area contributed by atoms with Crippen LogP contribution in [0.1, 0.15) is 56.3 Å². The lowest BCUT2D eigenvalue weighted by atomic mass is 10.0. The molecule has 5 nitrogen and oxygen atoms in total. The second kappa shape index (κ2) is 5.91. The highest BCUT2D eigenvalue weighted by molar-refractivity contribution is 5.73. The van der Waals surface area contributed by atoms with Crippen molar-refractivity contribution < 1.29 is 9.90 Å². The van der Waals surface area contributed by atoms with Crippen molar-refractivity contribution >= 4 is 6.29 Å². The van der Waals surface area contributed by atoms with E-state index in [9.17, 15) is 9.90 Å². The quantitative estimate of drug-likeness (QED) is 0.766. The summed E-state index contributed by atoms with van der Waals surface area (Å²) in [5.41, 5.74) is 1.21. The molecule has 0 aliphatic carbocycles. The number of rotatable bonds is 6. The van der Waals surface area contributed by atoms with E-state index >= 15 is 0 Å². The maximum atomic E-state index is 10.9. The smallest absolute Gasteiger partial charge is 0.172 e. The maximum Gasteiger partial charge on any atom is 0.172 e. The number of aldehydes is 1. The van der Waals surface area contributed by atoms with Crippen molar-refractivity contribution in [1.29, 1.82) is 0 Å². The minimum absolute atomic E-state index is 0.168. The van der Waals surface area contributed by atoms with Gasteiger partial charge < -0.3 is 5.11 Å². The summed E-state index contributed by atoms with van der Waals surface area (Å²) in [6.07, 6.45) is 1.94. The molecule has 0 saturated carbocycles. The number of aromatic nitrogens is 3. The highest BCUT2D eigenvalue weighted by atomic mass is 16.3. The molecule has 0 aliphatic heterocycles. The predicted molar refractivity (Wildman–Crippen MR) is 65.0 cm³/mol. The minimum atomic E-state index is -0.519. The van der Waals surface area contributed by atoms with Gasteiger partial charge in [0.1, 0.15) is 5.69 Å². The van der Waals surface area contributed by atoms with E-state index < -0.39 is 6.10 Å². The van der Waals surface area contributed by atoms with Gasteiger partial charge in [0.15, 0.2) is 6.29 Å². The van der Waals surface area contributed by atoms with Crippen molar-refractivity contribution in [1.82, 2.24) is 15.0 Å². The zero-order valence-electron chi connectivity index (χ0n) is 10.9. The first kappa shape index (κ1) is 13.8. The van der Waals surface area contributed by atoms with Gasteiger partial charge in [-0.15, -0.1) is 5.10 Å². The lowest BCUT2D eigenvalue weighted by molar-refractivity contribution is 0.111. The van der Waals surface area contributed by atoms with Gasteiger partial charge in [-0.3, -0.25) is 4.79 Å². The number of carbonyl (C=O) groups excluding carboxylic acids is 1. The molecule has 1 aromatic heterocycles. The molecule has 0 saturated heterocycles. The van der Waals surface area contributed by atoms with Gasteiger partial charge >= 0.3 is 0 Å². The fourth-order valence-electron chi connectivity index (χ4n) is 1.62. The third-order valence-corrected chi connectivity index (χ3v) is 2.98. The number of hydrogen-bond donors (Lipinski definition) is 1. The largest absolute Gasteiger partial charge is 0.391 e. The summed E-state index contributed by atoms with van der Waals surface area (Å²) in [7, 11) is 0. The van der Waals surface area contributed by atoms with Crippen LogP contribution in [0, 0.1) is 5.92 Å². The third-order valence-electron chi connectivity index (χ3n) is 2.98. The molecule has 0 spiro atoms. The van der Waals surface area contributed by atoms with E-state index in [0.29, 0.717) is 11.6 Å². The van der Waals surface area contributed by atoms with Crippen LogP contribution in [-0.2, 0) is 6.42 Å².